The summed E-state index contributed by atoms with van der Waals surface area (Å²) in [7, 11) is -4.11. The molecule has 4 rings (SSSR count). The first kappa shape index (κ1) is 22.4. The number of carbonyl (C=O) groups excluding carboxylic acids is 2. The number of nitrogens with zero attached hydrogens (tertiary/aromatic N) is 2. The van der Waals surface area contributed by atoms with Crippen molar-refractivity contribution in [2.45, 2.75) is 61.9 Å². The molecular formula is C21H25Cl2N3O4S. The zero-order chi connectivity index (χ0) is 22.2. The van der Waals surface area contributed by atoms with Gasteiger partial charge in [0.2, 0.25) is 11.8 Å². The SMILES string of the molecule is O=C1NC=CN(S(=O)(=O)c2ccc(Cl)c(Cl)c2)[C@@H]1CC(=O)N1CCC[C@H]2CCCC[C@H]21. The number of fused-ring (bicyclic) bond motifs is 1. The number of benzene rings is 1. The van der Waals surface area contributed by atoms with Crippen LogP contribution in [0.25, 0.3) is 0 Å². The molecule has 2 heterocycles. The predicted molar refractivity (Wildman–Crippen MR) is 118 cm³/mol. The minimum atomic E-state index is -4.11. The van der Waals surface area contributed by atoms with Crippen molar-refractivity contribution in [3.05, 3.63) is 40.6 Å². The van der Waals surface area contributed by atoms with E-state index in [2.05, 4.69) is 5.32 Å². The van der Waals surface area contributed by atoms with Crippen LogP contribution in [0.5, 0.6) is 0 Å². The van der Waals surface area contributed by atoms with E-state index in [-0.39, 0.29) is 33.3 Å². The lowest BCUT2D eigenvalue weighted by Crippen LogP contribution is -2.54. The van der Waals surface area contributed by atoms with Crippen LogP contribution >= 0.6 is 23.2 Å². The molecule has 1 saturated carbocycles. The highest BCUT2D eigenvalue weighted by atomic mass is 35.5. The van der Waals surface area contributed by atoms with Crippen molar-refractivity contribution in [3.63, 3.8) is 0 Å². The summed E-state index contributed by atoms with van der Waals surface area (Å²) in [6, 6.07) is 3.00. The van der Waals surface area contributed by atoms with E-state index in [9.17, 15) is 18.0 Å². The third-order valence-corrected chi connectivity index (χ3v) is 8.97. The van der Waals surface area contributed by atoms with Crippen molar-refractivity contribution in [1.82, 2.24) is 14.5 Å². The second-order valence-corrected chi connectivity index (χ2v) is 11.0. The highest BCUT2D eigenvalue weighted by molar-refractivity contribution is 7.89. The molecular weight excluding hydrogens is 461 g/mol. The van der Waals surface area contributed by atoms with Crippen LogP contribution in [0.2, 0.25) is 10.0 Å². The second kappa shape index (κ2) is 9.00. The first-order valence-corrected chi connectivity index (χ1v) is 12.7. The Labute approximate surface area is 192 Å². The van der Waals surface area contributed by atoms with Gasteiger partial charge >= 0.3 is 0 Å². The largest absolute Gasteiger partial charge is 0.339 e. The smallest absolute Gasteiger partial charge is 0.264 e. The molecule has 1 N–H and O–H groups in total. The molecule has 0 aromatic heterocycles. The third kappa shape index (κ3) is 4.43. The van der Waals surface area contributed by atoms with E-state index in [1.807, 2.05) is 4.90 Å². The summed E-state index contributed by atoms with van der Waals surface area (Å²) in [6.45, 7) is 0.656. The van der Waals surface area contributed by atoms with Crippen molar-refractivity contribution in [2.75, 3.05) is 6.54 Å². The Balaban J connectivity index is 1.58. The molecule has 2 amide bonds. The number of amides is 2. The lowest BCUT2D eigenvalue weighted by molar-refractivity contribution is -0.141. The van der Waals surface area contributed by atoms with Crippen molar-refractivity contribution in [3.8, 4) is 0 Å². The number of piperidine rings is 1. The van der Waals surface area contributed by atoms with Gasteiger partial charge in [0.25, 0.3) is 10.0 Å². The number of likely N-dealkylation sites (tertiary alicyclic amines) is 1. The van der Waals surface area contributed by atoms with E-state index in [1.54, 1.807) is 0 Å². The molecule has 2 fully saturated rings. The van der Waals surface area contributed by atoms with Crippen LogP contribution in [0.4, 0.5) is 0 Å². The Kier molecular flexibility index (Phi) is 6.51. The third-order valence-electron chi connectivity index (χ3n) is 6.45. The van der Waals surface area contributed by atoms with Gasteiger partial charge in [0.05, 0.1) is 21.4 Å². The number of halogens is 2. The van der Waals surface area contributed by atoms with Gasteiger partial charge in [-0.25, -0.2) is 8.42 Å². The highest BCUT2D eigenvalue weighted by Gasteiger charge is 2.41. The summed E-state index contributed by atoms with van der Waals surface area (Å²) < 4.78 is 27.5. The molecule has 1 aromatic rings. The van der Waals surface area contributed by atoms with Gasteiger partial charge in [0.1, 0.15) is 6.04 Å². The maximum absolute atomic E-state index is 13.3. The molecule has 0 bridgehead atoms. The molecule has 0 spiro atoms. The van der Waals surface area contributed by atoms with E-state index in [0.29, 0.717) is 12.5 Å². The van der Waals surface area contributed by atoms with Gasteiger partial charge in [0, 0.05) is 25.0 Å². The molecule has 3 aliphatic rings. The summed E-state index contributed by atoms with van der Waals surface area (Å²) >= 11 is 11.9. The summed E-state index contributed by atoms with van der Waals surface area (Å²) in [5, 5.41) is 2.85. The minimum absolute atomic E-state index is 0.0935. The molecule has 2 aliphatic heterocycles. The molecule has 1 aromatic carbocycles. The van der Waals surface area contributed by atoms with Crippen LogP contribution in [-0.2, 0) is 19.6 Å². The standard InChI is InChI=1S/C21H25Cl2N3O4S/c22-16-8-7-15(12-17(16)23)31(29,30)26-11-9-24-21(28)19(26)13-20(27)25-10-3-5-14-4-1-2-6-18(14)25/h7-9,11-12,14,18-19H,1-6,10,13H2,(H,24,28)/t14-,18-,19-/m1/s1. The molecule has 10 heteroatoms. The van der Waals surface area contributed by atoms with Gasteiger partial charge in [-0.2, -0.15) is 0 Å². The van der Waals surface area contributed by atoms with Gasteiger partial charge in [-0.3, -0.25) is 13.9 Å². The molecule has 1 aliphatic carbocycles. The Morgan fingerprint density at radius 3 is 2.61 bits per heavy atom. The van der Waals surface area contributed by atoms with Crippen LogP contribution in [0.15, 0.2) is 35.5 Å². The Morgan fingerprint density at radius 1 is 1.10 bits per heavy atom. The van der Waals surface area contributed by atoms with Gasteiger partial charge in [-0.1, -0.05) is 36.0 Å². The molecule has 7 nitrogen and oxygen atoms in total. The molecule has 1 saturated heterocycles. The van der Waals surface area contributed by atoms with Crippen molar-refractivity contribution in [1.29, 1.82) is 0 Å². The van der Waals surface area contributed by atoms with Crippen LogP contribution in [0.1, 0.15) is 44.9 Å². The number of rotatable bonds is 4. The van der Waals surface area contributed by atoms with Gasteiger partial charge in [0.15, 0.2) is 0 Å². The van der Waals surface area contributed by atoms with Crippen LogP contribution in [0, 0.1) is 5.92 Å². The Bertz CT molecular complexity index is 1010. The van der Waals surface area contributed by atoms with E-state index in [0.717, 1.165) is 36.4 Å². The molecule has 0 radical (unpaired) electrons. The van der Waals surface area contributed by atoms with Crippen LogP contribution in [0.3, 0.4) is 0 Å². The molecule has 168 valence electrons. The summed E-state index contributed by atoms with van der Waals surface area (Å²) in [4.78, 5) is 27.6. The van der Waals surface area contributed by atoms with Crippen LogP contribution < -0.4 is 5.32 Å². The number of nitrogens with one attached hydrogen (secondary N) is 1. The topological polar surface area (TPSA) is 86.8 Å². The highest BCUT2D eigenvalue weighted by Crippen LogP contribution is 2.36. The first-order chi connectivity index (χ1) is 14.8. The number of hydrogen-bond acceptors (Lipinski definition) is 4. The van der Waals surface area contributed by atoms with Gasteiger partial charge in [-0.05, 0) is 49.8 Å². The zero-order valence-corrected chi connectivity index (χ0v) is 19.3. The maximum Gasteiger partial charge on any atom is 0.264 e. The number of carbonyl (C=O) groups is 2. The van der Waals surface area contributed by atoms with Crippen molar-refractivity contribution < 1.29 is 18.0 Å². The van der Waals surface area contributed by atoms with E-state index < -0.39 is 22.0 Å². The monoisotopic (exact) mass is 485 g/mol. The van der Waals surface area contributed by atoms with Gasteiger partial charge < -0.3 is 10.2 Å². The molecule has 31 heavy (non-hydrogen) atoms. The summed E-state index contributed by atoms with van der Waals surface area (Å²) in [5.41, 5.74) is 0. The van der Waals surface area contributed by atoms with Crippen molar-refractivity contribution in [2.24, 2.45) is 5.92 Å². The van der Waals surface area contributed by atoms with Crippen molar-refractivity contribution >= 4 is 45.0 Å². The molecule has 3 atom stereocenters. The average Bonchev–Trinajstić information content (AvgIpc) is 2.76. The van der Waals surface area contributed by atoms with Crippen LogP contribution in [-0.4, -0.2) is 48.1 Å². The van der Waals surface area contributed by atoms with Gasteiger partial charge in [-0.15, -0.1) is 0 Å². The van der Waals surface area contributed by atoms with E-state index in [1.165, 1.54) is 37.0 Å². The second-order valence-electron chi connectivity index (χ2n) is 8.30. The molecule has 0 unspecified atom stereocenters. The van der Waals surface area contributed by atoms with E-state index in [4.69, 9.17) is 23.2 Å². The average molecular weight is 486 g/mol. The lowest BCUT2D eigenvalue weighted by Gasteiger charge is -2.44. The maximum atomic E-state index is 13.3. The quantitative estimate of drug-likeness (QED) is 0.706. The normalized spacial score (nSPS) is 26.4. The number of hydrogen-bond donors (Lipinski definition) is 1. The summed E-state index contributed by atoms with van der Waals surface area (Å²) in [6.07, 6.45) is 8.77. The fraction of sp³-hybridized carbons (Fsp3) is 0.524. The fourth-order valence-corrected chi connectivity index (χ4v) is 6.75. The van der Waals surface area contributed by atoms with E-state index >= 15 is 0 Å². The first-order valence-electron chi connectivity index (χ1n) is 10.5. The zero-order valence-electron chi connectivity index (χ0n) is 17.0. The fourth-order valence-electron chi connectivity index (χ4n) is 4.91. The Morgan fingerprint density at radius 2 is 1.84 bits per heavy atom. The minimum Gasteiger partial charge on any atom is -0.339 e. The Hall–Kier alpha value is -1.77. The predicted octanol–water partition coefficient (Wildman–Crippen LogP) is 3.53. The number of sulfonamides is 1. The summed E-state index contributed by atoms with van der Waals surface area (Å²) in [5.74, 6) is -0.208. The lowest BCUT2D eigenvalue weighted by atomic mass is 9.78.